The van der Waals surface area contributed by atoms with Crippen molar-refractivity contribution in [2.75, 3.05) is 46.7 Å². The average Bonchev–Trinajstić information content (AvgIpc) is 3.59. The molecule has 198 valence electrons. The number of aromatic amines is 1. The van der Waals surface area contributed by atoms with E-state index in [-0.39, 0.29) is 18.4 Å². The van der Waals surface area contributed by atoms with Crippen LogP contribution < -0.4 is 15.0 Å². The Morgan fingerprint density at radius 3 is 2.76 bits per heavy atom. The van der Waals surface area contributed by atoms with E-state index in [4.69, 9.17) is 14.2 Å². The number of benzene rings is 2. The summed E-state index contributed by atoms with van der Waals surface area (Å²) in [6.45, 7) is 7.28. The van der Waals surface area contributed by atoms with Crippen LogP contribution in [-0.2, 0) is 17.8 Å². The van der Waals surface area contributed by atoms with Gasteiger partial charge in [-0.2, -0.15) is 0 Å². The molecule has 1 saturated heterocycles. The van der Waals surface area contributed by atoms with Gasteiger partial charge < -0.3 is 19.2 Å². The zero-order chi connectivity index (χ0) is 26.1. The first-order valence-corrected chi connectivity index (χ1v) is 12.8. The van der Waals surface area contributed by atoms with E-state index in [0.717, 1.165) is 60.7 Å². The summed E-state index contributed by atoms with van der Waals surface area (Å²) in [6.07, 6.45) is 0. The molecule has 0 aliphatic carbocycles. The van der Waals surface area contributed by atoms with Gasteiger partial charge in [0, 0.05) is 45.4 Å². The predicted octanol–water partition coefficient (Wildman–Crippen LogP) is 2.11. The Hall–Kier alpha value is -3.80. The van der Waals surface area contributed by atoms with Crippen LogP contribution in [0.3, 0.4) is 0 Å². The molecule has 4 heterocycles. The third kappa shape index (κ3) is 4.75. The van der Waals surface area contributed by atoms with E-state index in [2.05, 4.69) is 42.4 Å². The zero-order valence-corrected chi connectivity index (χ0v) is 21.6. The number of nitrogens with zero attached hydrogens (tertiary/aromatic N) is 6. The van der Waals surface area contributed by atoms with E-state index in [1.807, 2.05) is 37.3 Å². The van der Waals surface area contributed by atoms with Gasteiger partial charge in [-0.25, -0.2) is 4.68 Å². The molecule has 2 aromatic heterocycles. The number of tetrazole rings is 1. The van der Waals surface area contributed by atoms with Crippen LogP contribution in [-0.4, -0.2) is 81.7 Å². The summed E-state index contributed by atoms with van der Waals surface area (Å²) in [5.41, 5.74) is 3.59. The summed E-state index contributed by atoms with van der Waals surface area (Å²) < 4.78 is 18.0. The lowest BCUT2D eigenvalue weighted by Crippen LogP contribution is -2.48. The van der Waals surface area contributed by atoms with Crippen LogP contribution in [0, 0.1) is 6.92 Å². The van der Waals surface area contributed by atoms with Crippen LogP contribution >= 0.6 is 0 Å². The quantitative estimate of drug-likeness (QED) is 0.376. The second-order valence-electron chi connectivity index (χ2n) is 9.75. The fourth-order valence-corrected chi connectivity index (χ4v) is 5.32. The highest BCUT2D eigenvalue weighted by Gasteiger charge is 2.33. The van der Waals surface area contributed by atoms with Crippen molar-refractivity contribution in [1.29, 1.82) is 0 Å². The third-order valence-corrected chi connectivity index (χ3v) is 7.34. The molecule has 0 amide bonds. The molecule has 4 aromatic rings. The fraction of sp³-hybridized carbons (Fsp3) is 0.407. The number of fused-ring (bicyclic) bond motifs is 2. The molecule has 1 fully saturated rings. The maximum absolute atomic E-state index is 13.5. The number of para-hydroxylation sites is 1. The molecule has 11 heteroatoms. The van der Waals surface area contributed by atoms with Crippen molar-refractivity contribution in [1.82, 2.24) is 35.0 Å². The molecule has 2 aliphatic heterocycles. The maximum atomic E-state index is 13.5. The van der Waals surface area contributed by atoms with Gasteiger partial charge in [0.25, 0.3) is 5.56 Å². The normalized spacial score (nSPS) is 16.8. The van der Waals surface area contributed by atoms with Crippen molar-refractivity contribution >= 4 is 10.9 Å². The summed E-state index contributed by atoms with van der Waals surface area (Å²) in [5, 5.41) is 13.5. The van der Waals surface area contributed by atoms with Gasteiger partial charge in [-0.15, -0.1) is 5.10 Å². The summed E-state index contributed by atoms with van der Waals surface area (Å²) in [4.78, 5) is 21.3. The van der Waals surface area contributed by atoms with Gasteiger partial charge in [0.1, 0.15) is 6.04 Å². The molecule has 0 saturated carbocycles. The highest BCUT2D eigenvalue weighted by Crippen LogP contribution is 2.33. The standard InChI is InChI=1S/C27H31N7O4/c1-18-4-3-5-20-15-21(27(35)28-24(18)20)25(26-29-30-31-34(26)12-13-36-2)33-10-8-32(9-11-33)16-19-6-7-22-23(14-19)38-17-37-22/h3-7,14-15,25H,8-13,16-17H2,1-2H3,(H,28,35)/t25-/m1/s1. The molecule has 0 spiro atoms. The number of hydrogen-bond donors (Lipinski definition) is 1. The Morgan fingerprint density at radius 2 is 1.92 bits per heavy atom. The summed E-state index contributed by atoms with van der Waals surface area (Å²) in [6, 6.07) is 13.7. The van der Waals surface area contributed by atoms with Crippen molar-refractivity contribution in [2.45, 2.75) is 26.1 Å². The Morgan fingerprint density at radius 1 is 1.08 bits per heavy atom. The lowest BCUT2D eigenvalue weighted by Gasteiger charge is -2.38. The third-order valence-electron chi connectivity index (χ3n) is 7.34. The molecule has 11 nitrogen and oxygen atoms in total. The average molecular weight is 518 g/mol. The molecule has 0 radical (unpaired) electrons. The van der Waals surface area contributed by atoms with E-state index in [1.54, 1.807) is 11.8 Å². The summed E-state index contributed by atoms with van der Waals surface area (Å²) in [5.74, 6) is 2.24. The van der Waals surface area contributed by atoms with E-state index in [1.165, 1.54) is 5.56 Å². The number of piperazine rings is 1. The van der Waals surface area contributed by atoms with Gasteiger partial charge in [-0.1, -0.05) is 24.3 Å². The van der Waals surface area contributed by atoms with Crippen molar-refractivity contribution in [3.8, 4) is 11.5 Å². The number of methoxy groups -OCH3 is 1. The number of pyridine rings is 1. The zero-order valence-electron chi connectivity index (χ0n) is 21.6. The summed E-state index contributed by atoms with van der Waals surface area (Å²) in [7, 11) is 1.65. The predicted molar refractivity (Wildman–Crippen MR) is 140 cm³/mol. The van der Waals surface area contributed by atoms with Gasteiger partial charge in [0.05, 0.1) is 18.7 Å². The van der Waals surface area contributed by atoms with Crippen LogP contribution in [0.15, 0.2) is 47.3 Å². The largest absolute Gasteiger partial charge is 0.454 e. The van der Waals surface area contributed by atoms with Crippen molar-refractivity contribution in [3.05, 3.63) is 75.3 Å². The molecule has 0 bridgehead atoms. The monoisotopic (exact) mass is 517 g/mol. The first kappa shape index (κ1) is 24.5. The number of H-pyrrole nitrogens is 1. The van der Waals surface area contributed by atoms with Crippen molar-refractivity contribution in [3.63, 3.8) is 0 Å². The van der Waals surface area contributed by atoms with Gasteiger partial charge in [-0.3, -0.25) is 14.6 Å². The fourth-order valence-electron chi connectivity index (χ4n) is 5.32. The molecule has 0 unspecified atom stereocenters. The number of nitrogens with one attached hydrogen (secondary N) is 1. The molecule has 1 atom stereocenters. The number of ether oxygens (including phenoxy) is 3. The number of rotatable bonds is 8. The number of aryl methyl sites for hydroxylation is 1. The van der Waals surface area contributed by atoms with E-state index in [0.29, 0.717) is 24.5 Å². The molecule has 6 rings (SSSR count). The number of hydrogen-bond acceptors (Lipinski definition) is 9. The van der Waals surface area contributed by atoms with E-state index >= 15 is 0 Å². The van der Waals surface area contributed by atoms with E-state index < -0.39 is 0 Å². The Kier molecular flexibility index (Phi) is 6.79. The van der Waals surface area contributed by atoms with Crippen molar-refractivity contribution < 1.29 is 14.2 Å². The lowest BCUT2D eigenvalue weighted by molar-refractivity contribution is 0.0984. The minimum Gasteiger partial charge on any atom is -0.454 e. The highest BCUT2D eigenvalue weighted by molar-refractivity contribution is 5.82. The Bertz CT molecular complexity index is 1490. The summed E-state index contributed by atoms with van der Waals surface area (Å²) >= 11 is 0. The Labute approximate surface area is 219 Å². The molecule has 1 N–H and O–H groups in total. The van der Waals surface area contributed by atoms with Crippen LogP contribution in [0.5, 0.6) is 11.5 Å². The second-order valence-corrected chi connectivity index (χ2v) is 9.75. The molecular formula is C27H31N7O4. The SMILES string of the molecule is COCCn1nnnc1[C@@H](c1cc2cccc(C)c2[nH]c1=O)N1CCN(Cc2ccc3c(c2)OCO3)CC1. The topological polar surface area (TPSA) is 111 Å². The van der Waals surface area contributed by atoms with E-state index in [9.17, 15) is 4.79 Å². The van der Waals surface area contributed by atoms with Gasteiger partial charge in [-0.05, 0) is 52.1 Å². The smallest absolute Gasteiger partial charge is 0.253 e. The van der Waals surface area contributed by atoms with Crippen LogP contribution in [0.25, 0.3) is 10.9 Å². The lowest BCUT2D eigenvalue weighted by atomic mass is 10.0. The number of aromatic nitrogens is 5. The molecular weight excluding hydrogens is 486 g/mol. The maximum Gasteiger partial charge on any atom is 0.253 e. The van der Waals surface area contributed by atoms with Gasteiger partial charge in [0.2, 0.25) is 6.79 Å². The van der Waals surface area contributed by atoms with Gasteiger partial charge in [0.15, 0.2) is 17.3 Å². The van der Waals surface area contributed by atoms with Crippen molar-refractivity contribution in [2.24, 2.45) is 0 Å². The molecule has 2 aliphatic rings. The first-order valence-electron chi connectivity index (χ1n) is 12.8. The molecule has 2 aromatic carbocycles. The van der Waals surface area contributed by atoms with Gasteiger partial charge >= 0.3 is 0 Å². The highest BCUT2D eigenvalue weighted by atomic mass is 16.7. The van der Waals surface area contributed by atoms with Crippen LogP contribution in [0.2, 0.25) is 0 Å². The first-order chi connectivity index (χ1) is 18.6. The van der Waals surface area contributed by atoms with Crippen LogP contribution in [0.4, 0.5) is 0 Å². The minimum absolute atomic E-state index is 0.124. The molecule has 38 heavy (non-hydrogen) atoms. The Balaban J connectivity index is 1.28. The minimum atomic E-state index is -0.386. The van der Waals surface area contributed by atoms with Crippen LogP contribution in [0.1, 0.15) is 28.6 Å². The second kappa shape index (κ2) is 10.5.